The number of hydrogen-bond donors (Lipinski definition) is 0. The van der Waals surface area contributed by atoms with Gasteiger partial charge in [0.2, 0.25) is 0 Å². The zero-order valence-electron chi connectivity index (χ0n) is 17.1. The summed E-state index contributed by atoms with van der Waals surface area (Å²) in [6.45, 7) is 6.25. The predicted molar refractivity (Wildman–Crippen MR) is 113 cm³/mol. The molecule has 0 heterocycles. The summed E-state index contributed by atoms with van der Waals surface area (Å²) in [5.41, 5.74) is 4.50. The van der Waals surface area contributed by atoms with Crippen molar-refractivity contribution in [3.63, 3.8) is 0 Å². The lowest BCUT2D eigenvalue weighted by molar-refractivity contribution is 0.355. The van der Waals surface area contributed by atoms with E-state index in [0.717, 1.165) is 17.6 Å². The monoisotopic (exact) mass is 352 g/mol. The molecule has 26 heavy (non-hydrogen) atoms. The molecule has 0 radical (unpaired) electrons. The molecule has 0 N–H and O–H groups in total. The summed E-state index contributed by atoms with van der Waals surface area (Å²) < 4.78 is 5.28. The molecular formula is C25H36O. The molecule has 1 saturated carbocycles. The van der Waals surface area contributed by atoms with E-state index in [0.29, 0.717) is 0 Å². The molecule has 1 aliphatic carbocycles. The van der Waals surface area contributed by atoms with E-state index < -0.39 is 0 Å². The molecule has 2 aromatic rings. The Morgan fingerprint density at radius 2 is 1.46 bits per heavy atom. The normalized spacial score (nSPS) is 20.3. The van der Waals surface area contributed by atoms with Gasteiger partial charge >= 0.3 is 0 Å². The zero-order valence-corrected chi connectivity index (χ0v) is 17.1. The molecule has 0 aliphatic heterocycles. The summed E-state index contributed by atoms with van der Waals surface area (Å²) in [5, 5.41) is 0. The summed E-state index contributed by atoms with van der Waals surface area (Å²) in [5.74, 6) is 2.56. The minimum absolute atomic E-state index is 0.732. The number of benzene rings is 2. The predicted octanol–water partition coefficient (Wildman–Crippen LogP) is 7.33. The molecule has 1 nitrogen and oxygen atoms in total. The van der Waals surface area contributed by atoms with Crippen LogP contribution >= 0.6 is 0 Å². The zero-order chi connectivity index (χ0) is 18.8. The van der Waals surface area contributed by atoms with Crippen molar-refractivity contribution in [2.24, 2.45) is 5.92 Å². The van der Waals surface area contributed by atoms with E-state index in [4.69, 9.17) is 4.74 Å². The molecule has 1 heteroatoms. The van der Waals surface area contributed by atoms with Crippen LogP contribution in [0.3, 0.4) is 0 Å². The van der Waals surface area contributed by atoms with Crippen molar-refractivity contribution in [1.82, 2.24) is 0 Å². The van der Waals surface area contributed by atoms with Gasteiger partial charge in [-0.25, -0.2) is 0 Å². The van der Waals surface area contributed by atoms with Crippen molar-refractivity contribution in [2.45, 2.75) is 71.6 Å². The van der Waals surface area contributed by atoms with Gasteiger partial charge in [0.15, 0.2) is 0 Å². The van der Waals surface area contributed by atoms with Gasteiger partial charge in [-0.1, -0.05) is 75.9 Å². The number of methoxy groups -OCH3 is 1. The Hall–Kier alpha value is -1.76. The van der Waals surface area contributed by atoms with Crippen molar-refractivity contribution in [1.29, 1.82) is 0 Å². The third kappa shape index (κ3) is 5.90. The molecule has 1 fully saturated rings. The van der Waals surface area contributed by atoms with E-state index in [9.17, 15) is 0 Å². The lowest BCUT2D eigenvalue weighted by atomic mass is 9.80. The topological polar surface area (TPSA) is 9.23 Å². The summed E-state index contributed by atoms with van der Waals surface area (Å²) in [7, 11) is 1.74. The smallest absolute Gasteiger partial charge is 0.118 e. The van der Waals surface area contributed by atoms with Crippen LogP contribution in [0.15, 0.2) is 48.5 Å². The van der Waals surface area contributed by atoms with Gasteiger partial charge in [-0.15, -0.1) is 0 Å². The first-order valence-corrected chi connectivity index (χ1v) is 10.4. The second-order valence-corrected chi connectivity index (χ2v) is 7.33. The van der Waals surface area contributed by atoms with Crippen molar-refractivity contribution < 1.29 is 4.74 Å². The van der Waals surface area contributed by atoms with Gasteiger partial charge in [-0.2, -0.15) is 0 Å². The first-order valence-electron chi connectivity index (χ1n) is 10.4. The van der Waals surface area contributed by atoms with Crippen molar-refractivity contribution >= 4 is 0 Å². The highest BCUT2D eigenvalue weighted by molar-refractivity contribution is 5.29. The van der Waals surface area contributed by atoms with Crippen LogP contribution in [0.1, 0.15) is 75.0 Å². The highest BCUT2D eigenvalue weighted by atomic mass is 16.5. The molecule has 0 bridgehead atoms. The molecule has 0 spiro atoms. The fourth-order valence-electron chi connectivity index (χ4n) is 4.16. The van der Waals surface area contributed by atoms with Gasteiger partial charge in [0.25, 0.3) is 0 Å². The Morgan fingerprint density at radius 1 is 0.846 bits per heavy atom. The van der Waals surface area contributed by atoms with Crippen LogP contribution < -0.4 is 4.74 Å². The first-order chi connectivity index (χ1) is 12.8. The van der Waals surface area contributed by atoms with Gasteiger partial charge in [0.1, 0.15) is 5.75 Å². The van der Waals surface area contributed by atoms with Crippen molar-refractivity contribution in [2.75, 3.05) is 7.11 Å². The average molecular weight is 353 g/mol. The Balaban J connectivity index is 0.00000117. The maximum atomic E-state index is 5.28. The standard InChI is InChI=1S/C23H30O.C2H6/c1-18-7-3-4-10-22(18)17-19-8-5-11-20(12-6-9-19)21-13-15-23(24-2)16-14-21;1-2/h3-4,7,10,13-16,19-20H,5-6,8-9,11-12,17H2,1-2H3;1-2H3. The summed E-state index contributed by atoms with van der Waals surface area (Å²) in [4.78, 5) is 0. The molecule has 0 amide bonds. The van der Waals surface area contributed by atoms with E-state index in [-0.39, 0.29) is 0 Å². The van der Waals surface area contributed by atoms with Crippen LogP contribution in [0.2, 0.25) is 0 Å². The number of ether oxygens (including phenoxy) is 1. The van der Waals surface area contributed by atoms with Crippen LogP contribution in [0.5, 0.6) is 5.75 Å². The second kappa shape index (κ2) is 11.1. The van der Waals surface area contributed by atoms with Crippen LogP contribution in [-0.2, 0) is 6.42 Å². The lowest BCUT2D eigenvalue weighted by Gasteiger charge is -2.25. The van der Waals surface area contributed by atoms with Crippen LogP contribution in [0.25, 0.3) is 0 Å². The fraction of sp³-hybridized carbons (Fsp3) is 0.520. The van der Waals surface area contributed by atoms with Gasteiger partial charge in [0.05, 0.1) is 7.11 Å². The molecule has 0 unspecified atom stereocenters. The highest BCUT2D eigenvalue weighted by Crippen LogP contribution is 2.34. The largest absolute Gasteiger partial charge is 0.497 e. The van der Waals surface area contributed by atoms with E-state index in [1.807, 2.05) is 13.8 Å². The quantitative estimate of drug-likeness (QED) is 0.560. The first kappa shape index (κ1) is 20.6. The maximum Gasteiger partial charge on any atom is 0.118 e. The van der Waals surface area contributed by atoms with Gasteiger partial charge in [0, 0.05) is 0 Å². The van der Waals surface area contributed by atoms with Crippen molar-refractivity contribution in [3.8, 4) is 5.75 Å². The number of aryl methyl sites for hydroxylation is 1. The fourth-order valence-corrected chi connectivity index (χ4v) is 4.16. The third-order valence-corrected chi connectivity index (χ3v) is 5.69. The average Bonchev–Trinajstić information content (AvgIpc) is 2.67. The van der Waals surface area contributed by atoms with E-state index in [1.165, 1.54) is 56.1 Å². The molecule has 3 rings (SSSR count). The van der Waals surface area contributed by atoms with E-state index in [2.05, 4.69) is 55.5 Å². The SMILES string of the molecule is CC.COc1ccc(C2CCCC(Cc3ccccc3C)CCC2)cc1. The van der Waals surface area contributed by atoms with Crippen molar-refractivity contribution in [3.05, 3.63) is 65.2 Å². The second-order valence-electron chi connectivity index (χ2n) is 7.33. The Bertz CT molecular complexity index is 619. The van der Waals surface area contributed by atoms with Gasteiger partial charge < -0.3 is 4.74 Å². The minimum atomic E-state index is 0.732. The van der Waals surface area contributed by atoms with Crippen LogP contribution in [0, 0.1) is 12.8 Å². The number of rotatable bonds is 4. The van der Waals surface area contributed by atoms with Crippen LogP contribution in [-0.4, -0.2) is 7.11 Å². The minimum Gasteiger partial charge on any atom is -0.497 e. The molecule has 0 atom stereocenters. The maximum absolute atomic E-state index is 5.28. The van der Waals surface area contributed by atoms with E-state index in [1.54, 1.807) is 12.7 Å². The Kier molecular flexibility index (Phi) is 8.74. The molecule has 1 aliphatic rings. The van der Waals surface area contributed by atoms with Crippen LogP contribution in [0.4, 0.5) is 0 Å². The van der Waals surface area contributed by atoms with Gasteiger partial charge in [-0.3, -0.25) is 0 Å². The molecule has 142 valence electrons. The summed E-state index contributed by atoms with van der Waals surface area (Å²) in [6, 6.07) is 17.6. The highest BCUT2D eigenvalue weighted by Gasteiger charge is 2.19. The van der Waals surface area contributed by atoms with E-state index >= 15 is 0 Å². The molecule has 0 aromatic heterocycles. The Morgan fingerprint density at radius 3 is 2.04 bits per heavy atom. The van der Waals surface area contributed by atoms with Gasteiger partial charge in [-0.05, 0) is 66.8 Å². The number of hydrogen-bond acceptors (Lipinski definition) is 1. The summed E-state index contributed by atoms with van der Waals surface area (Å²) >= 11 is 0. The lowest BCUT2D eigenvalue weighted by Crippen LogP contribution is -2.11. The Labute approximate surface area is 160 Å². The molecule has 0 saturated heterocycles. The molecule has 2 aromatic carbocycles. The third-order valence-electron chi connectivity index (χ3n) is 5.69. The summed E-state index contributed by atoms with van der Waals surface area (Å²) in [6.07, 6.45) is 9.38. The molecular weight excluding hydrogens is 316 g/mol.